The number of aryl methyl sites for hydroxylation is 1. The molecule has 2 aromatic carbocycles. The first-order valence-electron chi connectivity index (χ1n) is 9.90. The first-order chi connectivity index (χ1) is 14.5. The highest BCUT2D eigenvalue weighted by atomic mass is 19.1. The summed E-state index contributed by atoms with van der Waals surface area (Å²) in [5, 5.41) is 13.9. The predicted octanol–water partition coefficient (Wildman–Crippen LogP) is 4.27. The van der Waals surface area contributed by atoms with Crippen LogP contribution in [0.1, 0.15) is 21.8 Å². The van der Waals surface area contributed by atoms with Crippen molar-refractivity contribution < 1.29 is 21.9 Å². The molecule has 1 aromatic heterocycles. The van der Waals surface area contributed by atoms with Gasteiger partial charge < -0.3 is 20.1 Å². The van der Waals surface area contributed by atoms with E-state index < -0.39 is 11.9 Å². The summed E-state index contributed by atoms with van der Waals surface area (Å²) in [6, 6.07) is 9.87. The Hall–Kier alpha value is -3.42. The van der Waals surface area contributed by atoms with Crippen LogP contribution in [0.5, 0.6) is 5.75 Å². The van der Waals surface area contributed by atoms with Crippen LogP contribution in [0.25, 0.3) is 22.3 Å². The van der Waals surface area contributed by atoms with E-state index in [9.17, 15) is 14.3 Å². The molecule has 3 aromatic rings. The summed E-state index contributed by atoms with van der Waals surface area (Å²) in [7, 11) is 0. The van der Waals surface area contributed by atoms with Crippen LogP contribution in [-0.4, -0.2) is 46.9 Å². The third-order valence-corrected chi connectivity index (χ3v) is 5.13. The van der Waals surface area contributed by atoms with Gasteiger partial charge in [0.1, 0.15) is 17.4 Å². The lowest BCUT2D eigenvalue weighted by Gasteiger charge is -2.21. The average molecular weight is 414 g/mol. The van der Waals surface area contributed by atoms with E-state index >= 15 is 0 Å². The van der Waals surface area contributed by atoms with Gasteiger partial charge in [0.05, 0.1) is 23.7 Å². The average Bonchev–Trinajstić information content (AvgIpc) is 3.15. The number of nitrogens with one attached hydrogen (secondary N) is 1. The molecule has 2 heterocycles. The van der Waals surface area contributed by atoms with Crippen LogP contribution in [0, 0.1) is 12.7 Å². The van der Waals surface area contributed by atoms with Crippen LogP contribution in [0.2, 0.25) is 0 Å². The van der Waals surface area contributed by atoms with Crippen LogP contribution < -0.4 is 10.2 Å². The lowest BCUT2D eigenvalue weighted by atomic mass is 10.1. The number of alkyl carbamates (subject to hydrolysis) is 1. The second-order valence-corrected chi connectivity index (χ2v) is 7.32. The second-order valence-electron chi connectivity index (χ2n) is 7.32. The van der Waals surface area contributed by atoms with Crippen molar-refractivity contribution in [3.05, 3.63) is 47.8 Å². The molecule has 0 radical (unpaired) electrons. The number of rotatable bonds is 4. The van der Waals surface area contributed by atoms with Gasteiger partial charge in [0.25, 0.3) is 0 Å². The normalized spacial score (nSPS) is 16.1. The van der Waals surface area contributed by atoms with E-state index in [1.165, 1.54) is 18.2 Å². The Balaban J connectivity index is 0.00000181. The van der Waals surface area contributed by atoms with Gasteiger partial charge in [-0.3, -0.25) is 0 Å². The smallest absolute Gasteiger partial charge is 0.407 e. The number of ether oxygens (including phenoxy) is 1. The van der Waals surface area contributed by atoms with Crippen molar-refractivity contribution in [1.82, 2.24) is 15.3 Å². The monoisotopic (exact) mass is 414 g/mol. The van der Waals surface area contributed by atoms with Crippen molar-refractivity contribution in [2.45, 2.75) is 26.3 Å². The maximum absolute atomic E-state index is 14.5. The molecule has 2 N–H and O–H groups in total. The number of aromatic nitrogens is 2. The minimum Gasteiger partial charge on any atom is -0.507 e. The molecule has 160 valence electrons. The molecule has 1 atom stereocenters. The number of hydrogen-bond donors (Lipinski definition) is 2. The van der Waals surface area contributed by atoms with E-state index in [2.05, 4.69) is 15.3 Å². The summed E-state index contributed by atoms with van der Waals surface area (Å²) in [4.78, 5) is 22.9. The fourth-order valence-corrected chi connectivity index (χ4v) is 3.72. The molecule has 1 aliphatic rings. The van der Waals surface area contributed by atoms with E-state index in [0.717, 1.165) is 17.4 Å². The third-order valence-electron chi connectivity index (χ3n) is 5.13. The van der Waals surface area contributed by atoms with E-state index in [0.29, 0.717) is 31.0 Å². The number of aromatic hydroxyl groups is 1. The van der Waals surface area contributed by atoms with Crippen LogP contribution >= 0.6 is 0 Å². The summed E-state index contributed by atoms with van der Waals surface area (Å²) in [5.74, 6) is -0.0289. The minimum absolute atomic E-state index is 0. The number of carbonyl (C=O) groups is 1. The topological polar surface area (TPSA) is 87.6 Å². The molecule has 1 fully saturated rings. The fourth-order valence-electron chi connectivity index (χ4n) is 3.72. The fraction of sp³-hybridized carbons (Fsp3) is 0.318. The third kappa shape index (κ3) is 3.85. The number of halogens is 1. The summed E-state index contributed by atoms with van der Waals surface area (Å²) in [6.07, 6.45) is 0.292. The van der Waals surface area contributed by atoms with Crippen LogP contribution in [0.15, 0.2) is 36.4 Å². The number of anilines is 1. The number of carbonyl (C=O) groups excluding carboxylic acids is 1. The first kappa shape index (κ1) is 19.9. The maximum Gasteiger partial charge on any atom is 0.407 e. The number of amides is 1. The molecule has 0 spiro atoms. The SMILES string of the molecule is CCOC(=O)N[C@@H]1CCN(c2nc(-c3c(O)cccc3F)nc3cc(C)ccc23)C1.[HH].[HH]. The van der Waals surface area contributed by atoms with E-state index in [-0.39, 0.29) is 26.0 Å². The number of benzene rings is 2. The molecule has 1 saturated heterocycles. The Bertz CT molecular complexity index is 1100. The highest BCUT2D eigenvalue weighted by Crippen LogP contribution is 2.34. The molecule has 8 heteroatoms. The van der Waals surface area contributed by atoms with Gasteiger partial charge in [0.15, 0.2) is 5.82 Å². The zero-order valence-corrected chi connectivity index (χ0v) is 16.9. The Morgan fingerprint density at radius 3 is 2.97 bits per heavy atom. The summed E-state index contributed by atoms with van der Waals surface area (Å²) < 4.78 is 19.5. The maximum atomic E-state index is 14.5. The largest absolute Gasteiger partial charge is 0.507 e. The molecule has 1 aliphatic heterocycles. The Kier molecular flexibility index (Phi) is 5.39. The summed E-state index contributed by atoms with van der Waals surface area (Å²) in [6.45, 7) is 5.24. The zero-order chi connectivity index (χ0) is 21.3. The molecular formula is C22H27FN4O3. The van der Waals surface area contributed by atoms with Crippen molar-refractivity contribution in [3.8, 4) is 17.1 Å². The molecule has 0 unspecified atom stereocenters. The standard InChI is InChI=1S/C22H23FN4O3.2H2/c1-3-30-22(29)24-14-9-10-27(12-14)21-15-8-7-13(2)11-17(15)25-20(26-21)19-16(23)5-4-6-18(19)28;;/h4-8,11,14,28H,3,9-10,12H2,1-2H3,(H,24,29);2*1H/t14-;;/m1../s1. The number of phenolic OH excluding ortho intramolecular Hbond substituents is 1. The summed E-state index contributed by atoms with van der Waals surface area (Å²) in [5.41, 5.74) is 1.65. The Morgan fingerprint density at radius 2 is 2.20 bits per heavy atom. The van der Waals surface area contributed by atoms with Crippen LogP contribution in [0.4, 0.5) is 15.0 Å². The number of nitrogens with zero attached hydrogens (tertiary/aromatic N) is 3. The van der Waals surface area contributed by atoms with Gasteiger partial charge >= 0.3 is 6.09 Å². The van der Waals surface area contributed by atoms with Gasteiger partial charge in [-0.2, -0.15) is 0 Å². The number of phenols is 1. The van der Waals surface area contributed by atoms with E-state index in [4.69, 9.17) is 4.74 Å². The highest BCUT2D eigenvalue weighted by molar-refractivity contribution is 5.92. The molecular weight excluding hydrogens is 387 g/mol. The van der Waals surface area contributed by atoms with E-state index in [1.54, 1.807) is 6.92 Å². The van der Waals surface area contributed by atoms with Crippen molar-refractivity contribution in [2.75, 3.05) is 24.6 Å². The first-order valence-corrected chi connectivity index (χ1v) is 9.90. The highest BCUT2D eigenvalue weighted by Gasteiger charge is 2.28. The van der Waals surface area contributed by atoms with Crippen LogP contribution in [0.3, 0.4) is 0 Å². The minimum atomic E-state index is -0.587. The number of fused-ring (bicyclic) bond motifs is 1. The van der Waals surface area contributed by atoms with Gasteiger partial charge in [0.2, 0.25) is 0 Å². The van der Waals surface area contributed by atoms with E-state index in [1.807, 2.05) is 30.0 Å². The Labute approximate surface area is 176 Å². The van der Waals surface area contributed by atoms with Gasteiger partial charge in [-0.15, -0.1) is 0 Å². The molecule has 1 amide bonds. The van der Waals surface area contributed by atoms with Gasteiger partial charge in [-0.05, 0) is 50.1 Å². The number of hydrogen-bond acceptors (Lipinski definition) is 6. The van der Waals surface area contributed by atoms with Crippen molar-refractivity contribution >= 4 is 22.8 Å². The molecule has 0 bridgehead atoms. The molecule has 30 heavy (non-hydrogen) atoms. The lowest BCUT2D eigenvalue weighted by Crippen LogP contribution is -2.37. The van der Waals surface area contributed by atoms with Crippen molar-refractivity contribution in [3.63, 3.8) is 0 Å². The second kappa shape index (κ2) is 8.14. The Morgan fingerprint density at radius 1 is 1.37 bits per heavy atom. The van der Waals surface area contributed by atoms with Gasteiger partial charge in [-0.25, -0.2) is 19.2 Å². The zero-order valence-electron chi connectivity index (χ0n) is 16.9. The molecule has 0 aliphatic carbocycles. The lowest BCUT2D eigenvalue weighted by molar-refractivity contribution is 0.149. The molecule has 0 saturated carbocycles. The van der Waals surface area contributed by atoms with Crippen molar-refractivity contribution in [2.24, 2.45) is 0 Å². The van der Waals surface area contributed by atoms with Gasteiger partial charge in [-0.1, -0.05) is 12.1 Å². The predicted molar refractivity (Wildman–Crippen MR) is 116 cm³/mol. The summed E-state index contributed by atoms with van der Waals surface area (Å²) >= 11 is 0. The van der Waals surface area contributed by atoms with Crippen molar-refractivity contribution in [1.29, 1.82) is 0 Å². The quantitative estimate of drug-likeness (QED) is 0.663. The van der Waals surface area contributed by atoms with Crippen LogP contribution in [-0.2, 0) is 4.74 Å². The van der Waals surface area contributed by atoms with Gasteiger partial charge in [0, 0.05) is 21.3 Å². The molecule has 7 nitrogen and oxygen atoms in total. The molecule has 4 rings (SSSR count).